The number of aromatic hydroxyl groups is 1. The molecule has 20 heavy (non-hydrogen) atoms. The molecule has 1 aliphatic heterocycles. The van der Waals surface area contributed by atoms with Crippen molar-refractivity contribution in [3.8, 4) is 5.75 Å². The summed E-state index contributed by atoms with van der Waals surface area (Å²) in [4.78, 5) is 22.5. The largest absolute Gasteiger partial charge is 0.506 e. The topological polar surface area (TPSA) is 104 Å². The third-order valence-electron chi connectivity index (χ3n) is 3.84. The molecule has 1 unspecified atom stereocenters. The Balaban J connectivity index is 2.23. The lowest BCUT2D eigenvalue weighted by Crippen LogP contribution is -2.37. The highest BCUT2D eigenvalue weighted by atomic mass is 16.6. The number of nitrogens with zero attached hydrogens (tertiary/aromatic N) is 1. The molecule has 1 heterocycles. The molecule has 7 heteroatoms. The Morgan fingerprint density at radius 1 is 1.60 bits per heavy atom. The first-order valence-corrected chi connectivity index (χ1v) is 6.48. The van der Waals surface area contributed by atoms with Crippen molar-refractivity contribution >= 4 is 17.3 Å². The predicted octanol–water partition coefficient (Wildman–Crippen LogP) is 1.63. The summed E-state index contributed by atoms with van der Waals surface area (Å²) in [6, 6.07) is 3.57. The summed E-state index contributed by atoms with van der Waals surface area (Å²) in [6.07, 6.45) is 1.38. The monoisotopic (exact) mass is 279 g/mol. The molecule has 1 saturated heterocycles. The zero-order valence-electron chi connectivity index (χ0n) is 11.2. The van der Waals surface area contributed by atoms with E-state index in [2.05, 4.69) is 10.6 Å². The first-order valence-electron chi connectivity index (χ1n) is 6.48. The summed E-state index contributed by atoms with van der Waals surface area (Å²) in [5.41, 5.74) is -0.617. The van der Waals surface area contributed by atoms with Crippen LogP contribution in [0.5, 0.6) is 5.75 Å². The maximum Gasteiger partial charge on any atom is 0.271 e. The minimum absolute atomic E-state index is 0.0731. The number of amides is 1. The number of phenols is 1. The van der Waals surface area contributed by atoms with E-state index in [-0.39, 0.29) is 23.0 Å². The summed E-state index contributed by atoms with van der Waals surface area (Å²) in [6.45, 7) is 3.27. The van der Waals surface area contributed by atoms with Crippen molar-refractivity contribution in [1.82, 2.24) is 5.32 Å². The summed E-state index contributed by atoms with van der Waals surface area (Å²) in [5, 5.41) is 26.2. The van der Waals surface area contributed by atoms with Crippen molar-refractivity contribution in [2.75, 3.05) is 18.4 Å². The van der Waals surface area contributed by atoms with Crippen LogP contribution >= 0.6 is 0 Å². The van der Waals surface area contributed by atoms with E-state index in [9.17, 15) is 20.0 Å². The van der Waals surface area contributed by atoms with E-state index in [1.165, 1.54) is 18.2 Å². The zero-order chi connectivity index (χ0) is 14.8. The average molecular weight is 279 g/mol. The number of phenolic OH excluding ortho intramolecular Hbond substituents is 1. The van der Waals surface area contributed by atoms with Crippen molar-refractivity contribution in [3.63, 3.8) is 0 Å². The van der Waals surface area contributed by atoms with Gasteiger partial charge in [-0.2, -0.15) is 0 Å². The van der Waals surface area contributed by atoms with E-state index in [0.717, 1.165) is 6.54 Å². The minimum atomic E-state index is -0.568. The molecule has 2 rings (SSSR count). The number of hydrogen-bond acceptors (Lipinski definition) is 5. The molecule has 0 aliphatic carbocycles. The second-order valence-corrected chi connectivity index (χ2v) is 4.97. The number of nitro groups is 1. The number of nitrogens with one attached hydrogen (secondary N) is 2. The fourth-order valence-corrected chi connectivity index (χ4v) is 2.39. The fourth-order valence-electron chi connectivity index (χ4n) is 2.39. The van der Waals surface area contributed by atoms with E-state index in [1.807, 2.05) is 6.92 Å². The van der Waals surface area contributed by atoms with Crippen LogP contribution in [-0.4, -0.2) is 29.0 Å². The Labute approximate surface area is 116 Å². The van der Waals surface area contributed by atoms with Crippen molar-refractivity contribution in [2.24, 2.45) is 5.41 Å². The maximum atomic E-state index is 12.4. The zero-order valence-corrected chi connectivity index (χ0v) is 11.2. The van der Waals surface area contributed by atoms with Crippen LogP contribution in [0.15, 0.2) is 18.2 Å². The molecule has 0 aromatic heterocycles. The Morgan fingerprint density at radius 3 is 2.90 bits per heavy atom. The number of non-ortho nitro benzene ring substituents is 1. The number of rotatable bonds is 4. The molecule has 1 aromatic carbocycles. The average Bonchev–Trinajstić information content (AvgIpc) is 2.91. The standard InChI is InChI=1S/C13H17N3O4/c1-2-13(5-6-14-8-13)12(18)15-10-7-9(16(19)20)3-4-11(10)17/h3-4,7,14,17H,2,5-6,8H2,1H3,(H,15,18). The first kappa shape index (κ1) is 14.3. The lowest BCUT2D eigenvalue weighted by Gasteiger charge is -2.25. The quantitative estimate of drug-likeness (QED) is 0.441. The van der Waals surface area contributed by atoms with Crippen LogP contribution in [0.3, 0.4) is 0 Å². The van der Waals surface area contributed by atoms with Crippen LogP contribution in [0.2, 0.25) is 0 Å². The Morgan fingerprint density at radius 2 is 2.35 bits per heavy atom. The lowest BCUT2D eigenvalue weighted by atomic mass is 9.83. The number of benzene rings is 1. The molecular formula is C13H17N3O4. The van der Waals surface area contributed by atoms with Gasteiger partial charge < -0.3 is 15.7 Å². The molecule has 0 spiro atoms. The maximum absolute atomic E-state index is 12.4. The number of carbonyl (C=O) groups excluding carboxylic acids is 1. The third-order valence-corrected chi connectivity index (χ3v) is 3.84. The van der Waals surface area contributed by atoms with Gasteiger partial charge in [-0.1, -0.05) is 6.92 Å². The normalized spacial score (nSPS) is 21.6. The molecule has 7 nitrogen and oxygen atoms in total. The molecule has 1 amide bonds. The molecule has 0 radical (unpaired) electrons. The van der Waals surface area contributed by atoms with Crippen molar-refractivity contribution in [3.05, 3.63) is 28.3 Å². The molecule has 3 N–H and O–H groups in total. The van der Waals surface area contributed by atoms with Crippen LogP contribution in [0.1, 0.15) is 19.8 Å². The van der Waals surface area contributed by atoms with Crippen LogP contribution in [-0.2, 0) is 4.79 Å². The SMILES string of the molecule is CCC1(C(=O)Nc2cc([N+](=O)[O-])ccc2O)CCNC1. The number of hydrogen-bond donors (Lipinski definition) is 3. The van der Waals surface area contributed by atoms with Crippen molar-refractivity contribution < 1.29 is 14.8 Å². The first-order chi connectivity index (χ1) is 9.48. The van der Waals surface area contributed by atoms with Crippen molar-refractivity contribution in [1.29, 1.82) is 0 Å². The van der Waals surface area contributed by atoms with Gasteiger partial charge in [0, 0.05) is 18.7 Å². The second-order valence-electron chi connectivity index (χ2n) is 4.97. The van der Waals surface area contributed by atoms with Gasteiger partial charge in [0.15, 0.2) is 0 Å². The molecule has 0 bridgehead atoms. The lowest BCUT2D eigenvalue weighted by molar-refractivity contribution is -0.384. The van der Waals surface area contributed by atoms with E-state index >= 15 is 0 Å². The Kier molecular flexibility index (Phi) is 3.89. The smallest absolute Gasteiger partial charge is 0.271 e. The van der Waals surface area contributed by atoms with Crippen LogP contribution < -0.4 is 10.6 Å². The van der Waals surface area contributed by atoms with Crippen LogP contribution in [0.25, 0.3) is 0 Å². The van der Waals surface area contributed by atoms with Crippen molar-refractivity contribution in [2.45, 2.75) is 19.8 Å². The number of carbonyl (C=O) groups is 1. The van der Waals surface area contributed by atoms with Gasteiger partial charge >= 0.3 is 0 Å². The van der Waals surface area contributed by atoms with Crippen LogP contribution in [0, 0.1) is 15.5 Å². The summed E-state index contributed by atoms with van der Waals surface area (Å²) in [7, 11) is 0. The van der Waals surface area contributed by atoms with Crippen LogP contribution in [0.4, 0.5) is 11.4 Å². The molecular weight excluding hydrogens is 262 g/mol. The van der Waals surface area contributed by atoms with Gasteiger partial charge in [0.05, 0.1) is 16.0 Å². The molecule has 1 aliphatic rings. The van der Waals surface area contributed by atoms with Gasteiger partial charge in [-0.3, -0.25) is 14.9 Å². The molecule has 1 fully saturated rings. The minimum Gasteiger partial charge on any atom is -0.506 e. The second kappa shape index (κ2) is 5.46. The number of anilines is 1. The van der Waals surface area contributed by atoms with Gasteiger partial charge in [-0.05, 0) is 25.5 Å². The highest BCUT2D eigenvalue weighted by Gasteiger charge is 2.39. The van der Waals surface area contributed by atoms with E-state index in [1.54, 1.807) is 0 Å². The highest BCUT2D eigenvalue weighted by Crippen LogP contribution is 2.34. The summed E-state index contributed by atoms with van der Waals surface area (Å²) >= 11 is 0. The van der Waals surface area contributed by atoms with Gasteiger partial charge in [0.25, 0.3) is 5.69 Å². The summed E-state index contributed by atoms with van der Waals surface area (Å²) in [5.74, 6) is -0.401. The van der Waals surface area contributed by atoms with Gasteiger partial charge in [-0.15, -0.1) is 0 Å². The summed E-state index contributed by atoms with van der Waals surface area (Å²) < 4.78 is 0. The van der Waals surface area contributed by atoms with Gasteiger partial charge in [0.1, 0.15) is 5.75 Å². The highest BCUT2D eigenvalue weighted by molar-refractivity contribution is 5.97. The van der Waals surface area contributed by atoms with Gasteiger partial charge in [0.2, 0.25) is 5.91 Å². The molecule has 108 valence electrons. The predicted molar refractivity (Wildman–Crippen MR) is 73.6 cm³/mol. The fraction of sp³-hybridized carbons (Fsp3) is 0.462. The van der Waals surface area contributed by atoms with E-state index < -0.39 is 10.3 Å². The van der Waals surface area contributed by atoms with Gasteiger partial charge in [-0.25, -0.2) is 0 Å². The Hall–Kier alpha value is -2.15. The number of nitro benzene ring substituents is 1. The van der Waals surface area contributed by atoms with E-state index in [0.29, 0.717) is 19.4 Å². The Bertz CT molecular complexity index is 538. The molecule has 1 atom stereocenters. The molecule has 1 aromatic rings. The third kappa shape index (κ3) is 2.57. The molecule has 0 saturated carbocycles. The van der Waals surface area contributed by atoms with E-state index in [4.69, 9.17) is 0 Å².